The van der Waals surface area contributed by atoms with Crippen LogP contribution >= 0.6 is 11.3 Å². The van der Waals surface area contributed by atoms with Gasteiger partial charge in [0.15, 0.2) is 0 Å². The number of nitrogens with zero attached hydrogens (tertiary/aromatic N) is 1. The fraction of sp³-hybridized carbons (Fsp3) is 0.273. The van der Waals surface area contributed by atoms with E-state index in [1.165, 1.54) is 18.4 Å². The van der Waals surface area contributed by atoms with Crippen LogP contribution in [0.25, 0.3) is 10.6 Å². The predicted molar refractivity (Wildman–Crippen MR) is 60.6 cm³/mol. The first-order chi connectivity index (χ1) is 7.63. The molecule has 2 heterocycles. The van der Waals surface area contributed by atoms with Crippen LogP contribution < -0.4 is 0 Å². The molecule has 2 rings (SSSR count). The first-order valence-corrected chi connectivity index (χ1v) is 5.55. The van der Waals surface area contributed by atoms with E-state index in [9.17, 15) is 4.79 Å². The zero-order valence-electron chi connectivity index (χ0n) is 9.23. The summed E-state index contributed by atoms with van der Waals surface area (Å²) in [6.45, 7) is 3.66. The molecule has 0 aliphatic carbocycles. The van der Waals surface area contributed by atoms with Gasteiger partial charge in [-0.3, -0.25) is 0 Å². The molecule has 2 aromatic heterocycles. The van der Waals surface area contributed by atoms with Gasteiger partial charge in [-0.2, -0.15) is 0 Å². The first-order valence-electron chi connectivity index (χ1n) is 4.73. The number of rotatable bonds is 2. The first kappa shape index (κ1) is 10.9. The van der Waals surface area contributed by atoms with Crippen LogP contribution in [0.15, 0.2) is 16.7 Å². The van der Waals surface area contributed by atoms with Crippen LogP contribution in [-0.4, -0.2) is 18.1 Å². The van der Waals surface area contributed by atoms with Crippen LogP contribution in [0.3, 0.4) is 0 Å². The molecule has 0 unspecified atom stereocenters. The number of carbonyl (C=O) groups is 1. The molecule has 0 aliphatic heterocycles. The second-order valence-electron chi connectivity index (χ2n) is 3.32. The molecule has 0 aliphatic rings. The van der Waals surface area contributed by atoms with E-state index in [0.29, 0.717) is 10.6 Å². The molecular weight excluding hydrogens is 226 g/mol. The fourth-order valence-electron chi connectivity index (χ4n) is 1.40. The van der Waals surface area contributed by atoms with Gasteiger partial charge in [0, 0.05) is 0 Å². The van der Waals surface area contributed by atoms with Crippen LogP contribution in [0.4, 0.5) is 0 Å². The van der Waals surface area contributed by atoms with Crippen molar-refractivity contribution in [2.45, 2.75) is 13.8 Å². The highest BCUT2D eigenvalue weighted by atomic mass is 32.1. The quantitative estimate of drug-likeness (QED) is 0.754. The molecule has 0 saturated carbocycles. The number of hydrogen-bond acceptors (Lipinski definition) is 5. The maximum Gasteiger partial charge on any atom is 0.349 e. The standard InChI is InChI=1S/C11H11NO3S/c1-6-9(11(13)14-3)16-10(12-6)8-4-5-15-7(8)2/h4-5H,1-3H3. The van der Waals surface area contributed by atoms with E-state index in [2.05, 4.69) is 9.72 Å². The van der Waals surface area contributed by atoms with Crippen LogP contribution in [0.2, 0.25) is 0 Å². The van der Waals surface area contributed by atoms with Crippen molar-refractivity contribution >= 4 is 17.3 Å². The normalized spacial score (nSPS) is 10.4. The third-order valence-electron chi connectivity index (χ3n) is 2.26. The summed E-state index contributed by atoms with van der Waals surface area (Å²) >= 11 is 1.32. The number of methoxy groups -OCH3 is 1. The van der Waals surface area contributed by atoms with E-state index < -0.39 is 0 Å². The Bertz CT molecular complexity index is 527. The van der Waals surface area contributed by atoms with Gasteiger partial charge in [-0.1, -0.05) is 0 Å². The average Bonchev–Trinajstić information content (AvgIpc) is 2.83. The summed E-state index contributed by atoms with van der Waals surface area (Å²) in [5.41, 5.74) is 1.61. The Morgan fingerprint density at radius 2 is 2.25 bits per heavy atom. The lowest BCUT2D eigenvalue weighted by molar-refractivity contribution is 0.0605. The summed E-state index contributed by atoms with van der Waals surface area (Å²) < 4.78 is 9.89. The average molecular weight is 237 g/mol. The number of carbonyl (C=O) groups excluding carboxylic acids is 1. The third-order valence-corrected chi connectivity index (χ3v) is 3.43. The lowest BCUT2D eigenvalue weighted by Crippen LogP contribution is -1.99. The maximum absolute atomic E-state index is 11.4. The van der Waals surface area contributed by atoms with Gasteiger partial charge in [-0.25, -0.2) is 9.78 Å². The maximum atomic E-state index is 11.4. The molecule has 0 spiro atoms. The summed E-state index contributed by atoms with van der Waals surface area (Å²) in [6, 6.07) is 1.84. The molecule has 0 bridgehead atoms. The van der Waals surface area contributed by atoms with Crippen LogP contribution in [-0.2, 0) is 4.74 Å². The smallest absolute Gasteiger partial charge is 0.349 e. The van der Waals surface area contributed by atoms with Crippen molar-refractivity contribution in [1.82, 2.24) is 4.98 Å². The van der Waals surface area contributed by atoms with Crippen LogP contribution in [0.1, 0.15) is 21.1 Å². The zero-order valence-corrected chi connectivity index (χ0v) is 10.1. The number of esters is 1. The van der Waals surface area contributed by atoms with Gasteiger partial charge in [-0.05, 0) is 19.9 Å². The van der Waals surface area contributed by atoms with Gasteiger partial charge in [0.2, 0.25) is 0 Å². The van der Waals surface area contributed by atoms with E-state index in [1.807, 2.05) is 13.0 Å². The van der Waals surface area contributed by atoms with Crippen molar-refractivity contribution in [2.75, 3.05) is 7.11 Å². The van der Waals surface area contributed by atoms with E-state index in [4.69, 9.17) is 4.42 Å². The molecule has 0 saturated heterocycles. The Hall–Kier alpha value is -1.62. The number of hydrogen-bond donors (Lipinski definition) is 0. The zero-order chi connectivity index (χ0) is 11.7. The van der Waals surface area contributed by atoms with E-state index in [0.717, 1.165) is 16.3 Å². The third kappa shape index (κ3) is 1.74. The number of aromatic nitrogens is 1. The topological polar surface area (TPSA) is 52.3 Å². The SMILES string of the molecule is COC(=O)c1sc(-c2ccoc2C)nc1C. The molecule has 0 atom stereocenters. The molecule has 16 heavy (non-hydrogen) atoms. The van der Waals surface area contributed by atoms with Gasteiger partial charge in [0.1, 0.15) is 15.6 Å². The van der Waals surface area contributed by atoms with Crippen molar-refractivity contribution in [1.29, 1.82) is 0 Å². The van der Waals surface area contributed by atoms with E-state index >= 15 is 0 Å². The highest BCUT2D eigenvalue weighted by Gasteiger charge is 2.18. The number of furan rings is 1. The van der Waals surface area contributed by atoms with Gasteiger partial charge in [0.05, 0.1) is 24.6 Å². The molecule has 0 amide bonds. The van der Waals surface area contributed by atoms with Gasteiger partial charge < -0.3 is 9.15 Å². The van der Waals surface area contributed by atoms with Crippen molar-refractivity contribution in [3.8, 4) is 10.6 Å². The minimum absolute atomic E-state index is 0.345. The molecule has 5 heteroatoms. The van der Waals surface area contributed by atoms with Gasteiger partial charge in [0.25, 0.3) is 0 Å². The minimum Gasteiger partial charge on any atom is -0.469 e. The summed E-state index contributed by atoms with van der Waals surface area (Å²) in [5.74, 6) is 0.451. The second kappa shape index (κ2) is 4.09. The second-order valence-corrected chi connectivity index (χ2v) is 4.31. The van der Waals surface area contributed by atoms with Crippen molar-refractivity contribution in [3.63, 3.8) is 0 Å². The number of aryl methyl sites for hydroxylation is 2. The van der Waals surface area contributed by atoms with Crippen molar-refractivity contribution in [3.05, 3.63) is 28.7 Å². The minimum atomic E-state index is -0.345. The van der Waals surface area contributed by atoms with E-state index in [1.54, 1.807) is 13.2 Å². The summed E-state index contributed by atoms with van der Waals surface area (Å²) in [5, 5.41) is 0.782. The molecule has 0 N–H and O–H groups in total. The molecule has 0 radical (unpaired) electrons. The lowest BCUT2D eigenvalue weighted by Gasteiger charge is -1.93. The number of thiazole rings is 1. The Kier molecular flexibility index (Phi) is 2.78. The Labute approximate surface area is 96.9 Å². The molecule has 2 aromatic rings. The van der Waals surface area contributed by atoms with Crippen LogP contribution in [0, 0.1) is 13.8 Å². The van der Waals surface area contributed by atoms with E-state index in [-0.39, 0.29) is 5.97 Å². The highest BCUT2D eigenvalue weighted by Crippen LogP contribution is 2.30. The van der Waals surface area contributed by atoms with Crippen molar-refractivity contribution < 1.29 is 13.9 Å². The lowest BCUT2D eigenvalue weighted by atomic mass is 10.3. The highest BCUT2D eigenvalue weighted by molar-refractivity contribution is 7.17. The predicted octanol–water partition coefficient (Wildman–Crippen LogP) is 2.81. The largest absolute Gasteiger partial charge is 0.469 e. The molecule has 0 aromatic carbocycles. The molecular formula is C11H11NO3S. The summed E-state index contributed by atoms with van der Waals surface area (Å²) in [4.78, 5) is 16.3. The summed E-state index contributed by atoms with van der Waals surface area (Å²) in [7, 11) is 1.37. The number of ether oxygens (including phenoxy) is 1. The Balaban J connectivity index is 2.46. The molecule has 4 nitrogen and oxygen atoms in total. The Morgan fingerprint density at radius 1 is 1.50 bits per heavy atom. The fourth-order valence-corrected chi connectivity index (χ4v) is 2.46. The van der Waals surface area contributed by atoms with Gasteiger partial charge >= 0.3 is 5.97 Å². The van der Waals surface area contributed by atoms with Gasteiger partial charge in [-0.15, -0.1) is 11.3 Å². The van der Waals surface area contributed by atoms with Crippen LogP contribution in [0.5, 0.6) is 0 Å². The Morgan fingerprint density at radius 3 is 2.81 bits per heavy atom. The molecule has 84 valence electrons. The summed E-state index contributed by atoms with van der Waals surface area (Å²) in [6.07, 6.45) is 1.61. The molecule has 0 fully saturated rings. The monoisotopic (exact) mass is 237 g/mol. The van der Waals surface area contributed by atoms with Crippen molar-refractivity contribution in [2.24, 2.45) is 0 Å².